The summed E-state index contributed by atoms with van der Waals surface area (Å²) in [5, 5.41) is 0. The van der Waals surface area contributed by atoms with Crippen molar-refractivity contribution >= 4 is 11.8 Å². The zero-order valence-electron chi connectivity index (χ0n) is 22.7. The summed E-state index contributed by atoms with van der Waals surface area (Å²) in [5.41, 5.74) is 5.50. The predicted octanol–water partition coefficient (Wildman–Crippen LogP) is 6.01. The second-order valence-corrected chi connectivity index (χ2v) is 10.3. The van der Waals surface area contributed by atoms with Crippen molar-refractivity contribution in [1.29, 1.82) is 0 Å². The summed E-state index contributed by atoms with van der Waals surface area (Å²) < 4.78 is 17.5. The fourth-order valence-corrected chi connectivity index (χ4v) is 4.52. The molecule has 1 aliphatic rings. The Bertz CT molecular complexity index is 1230. The van der Waals surface area contributed by atoms with E-state index in [1.807, 2.05) is 59.0 Å². The molecule has 3 aromatic rings. The maximum absolute atomic E-state index is 12.5. The quantitative estimate of drug-likeness (QED) is 0.411. The minimum Gasteiger partial charge on any atom is -0.496 e. The van der Waals surface area contributed by atoms with Crippen LogP contribution in [-0.2, 0) is 11.3 Å². The van der Waals surface area contributed by atoms with Gasteiger partial charge in [0.2, 0.25) is 0 Å². The molecule has 0 aliphatic carbocycles. The number of hydrogen-bond donors (Lipinski definition) is 0. The van der Waals surface area contributed by atoms with E-state index in [1.54, 1.807) is 12.0 Å². The van der Waals surface area contributed by atoms with Gasteiger partial charge in [0.05, 0.1) is 12.8 Å². The van der Waals surface area contributed by atoms with Crippen LogP contribution in [0.25, 0.3) is 11.1 Å². The number of carbonyl (C=O) groups excluding carboxylic acids is 1. The summed E-state index contributed by atoms with van der Waals surface area (Å²) in [6.45, 7) is 12.7. The number of piperazine rings is 1. The fraction of sp³-hybridized carbons (Fsp3) is 0.400. The Balaban J connectivity index is 1.55. The molecule has 7 heteroatoms. The minimum absolute atomic E-state index is 0.257. The molecule has 196 valence electrons. The average molecular weight is 504 g/mol. The van der Waals surface area contributed by atoms with E-state index >= 15 is 0 Å². The smallest absolute Gasteiger partial charge is 0.410 e. The molecule has 0 radical (unpaired) electrons. The first-order valence-corrected chi connectivity index (χ1v) is 12.7. The first kappa shape index (κ1) is 26.3. The van der Waals surface area contributed by atoms with Crippen molar-refractivity contribution in [3.63, 3.8) is 0 Å². The number of aryl methyl sites for hydroxylation is 1. The Hall–Kier alpha value is -3.74. The molecule has 7 nitrogen and oxygen atoms in total. The van der Waals surface area contributed by atoms with Crippen LogP contribution in [0.2, 0.25) is 0 Å². The van der Waals surface area contributed by atoms with E-state index in [1.165, 1.54) is 0 Å². The number of nitrogens with zero attached hydrogens (tertiary/aromatic N) is 3. The number of benzene rings is 2. The summed E-state index contributed by atoms with van der Waals surface area (Å²) >= 11 is 0. The molecule has 1 saturated heterocycles. The molecule has 1 aromatic heterocycles. The standard InChI is InChI=1S/C30H37N3O4/c1-21-19-31-26(22(2)28(21)35-6)20-36-27-18-24(12-13-25(27)23-10-8-7-9-11-23)32-14-16-33(17-15-32)29(34)37-30(3,4)5/h7-13,18-19H,14-17,20H2,1-6H3. The number of aromatic nitrogens is 1. The Kier molecular flexibility index (Phi) is 7.91. The molecule has 0 N–H and O–H groups in total. The van der Waals surface area contributed by atoms with E-state index in [9.17, 15) is 4.79 Å². The number of hydrogen-bond acceptors (Lipinski definition) is 6. The van der Waals surface area contributed by atoms with Crippen LogP contribution < -0.4 is 14.4 Å². The molecular formula is C30H37N3O4. The maximum Gasteiger partial charge on any atom is 0.410 e. The molecule has 0 unspecified atom stereocenters. The highest BCUT2D eigenvalue weighted by Gasteiger charge is 2.26. The molecule has 2 heterocycles. The lowest BCUT2D eigenvalue weighted by atomic mass is 10.0. The second kappa shape index (κ2) is 11.1. The van der Waals surface area contributed by atoms with Gasteiger partial charge in [0.1, 0.15) is 23.7 Å². The fourth-order valence-electron chi connectivity index (χ4n) is 4.52. The first-order chi connectivity index (χ1) is 17.7. The van der Waals surface area contributed by atoms with Crippen molar-refractivity contribution in [3.8, 4) is 22.6 Å². The minimum atomic E-state index is -0.498. The van der Waals surface area contributed by atoms with Crippen LogP contribution >= 0.6 is 0 Å². The van der Waals surface area contributed by atoms with Gasteiger partial charge in [-0.15, -0.1) is 0 Å². The Labute approximate surface area is 220 Å². The van der Waals surface area contributed by atoms with Crippen molar-refractivity contribution < 1.29 is 19.0 Å². The van der Waals surface area contributed by atoms with E-state index in [0.717, 1.165) is 58.2 Å². The molecule has 0 saturated carbocycles. The number of carbonyl (C=O) groups is 1. The van der Waals surface area contributed by atoms with E-state index in [4.69, 9.17) is 14.2 Å². The third-order valence-corrected chi connectivity index (χ3v) is 6.46. The maximum atomic E-state index is 12.5. The van der Waals surface area contributed by atoms with Gasteiger partial charge in [-0.25, -0.2) is 4.79 Å². The van der Waals surface area contributed by atoms with E-state index in [2.05, 4.69) is 40.2 Å². The number of anilines is 1. The number of methoxy groups -OCH3 is 1. The topological polar surface area (TPSA) is 64.1 Å². The molecule has 37 heavy (non-hydrogen) atoms. The molecule has 1 aliphatic heterocycles. The lowest BCUT2D eigenvalue weighted by Crippen LogP contribution is -2.50. The monoisotopic (exact) mass is 503 g/mol. The number of rotatable bonds is 6. The summed E-state index contributed by atoms with van der Waals surface area (Å²) in [4.78, 5) is 21.1. The summed E-state index contributed by atoms with van der Waals surface area (Å²) in [6, 6.07) is 16.5. The van der Waals surface area contributed by atoms with E-state index in [0.29, 0.717) is 19.7 Å². The van der Waals surface area contributed by atoms with Crippen LogP contribution in [0.3, 0.4) is 0 Å². The van der Waals surface area contributed by atoms with Gasteiger partial charge in [0, 0.05) is 60.8 Å². The van der Waals surface area contributed by atoms with Gasteiger partial charge in [0.15, 0.2) is 0 Å². The van der Waals surface area contributed by atoms with Gasteiger partial charge < -0.3 is 24.0 Å². The van der Waals surface area contributed by atoms with Crippen molar-refractivity contribution in [2.45, 2.75) is 46.8 Å². The highest BCUT2D eigenvalue weighted by atomic mass is 16.6. The first-order valence-electron chi connectivity index (χ1n) is 12.7. The number of ether oxygens (including phenoxy) is 3. The largest absolute Gasteiger partial charge is 0.496 e. The van der Waals surface area contributed by atoms with Crippen molar-refractivity contribution in [1.82, 2.24) is 9.88 Å². The third kappa shape index (κ3) is 6.34. The molecule has 0 atom stereocenters. The van der Waals surface area contributed by atoms with E-state index in [-0.39, 0.29) is 6.09 Å². The van der Waals surface area contributed by atoms with E-state index < -0.39 is 5.60 Å². The molecule has 1 fully saturated rings. The van der Waals surface area contributed by atoms with Crippen LogP contribution in [-0.4, -0.2) is 54.9 Å². The van der Waals surface area contributed by atoms with Crippen molar-refractivity contribution in [2.75, 3.05) is 38.2 Å². The molecular weight excluding hydrogens is 466 g/mol. The number of pyridine rings is 1. The summed E-state index contributed by atoms with van der Waals surface area (Å²) in [5.74, 6) is 1.63. The second-order valence-electron chi connectivity index (χ2n) is 10.3. The Morgan fingerprint density at radius 3 is 2.35 bits per heavy atom. The highest BCUT2D eigenvalue weighted by molar-refractivity contribution is 5.74. The predicted molar refractivity (Wildman–Crippen MR) is 146 cm³/mol. The molecule has 4 rings (SSSR count). The zero-order valence-corrected chi connectivity index (χ0v) is 22.7. The molecule has 1 amide bonds. The number of amides is 1. The molecule has 0 spiro atoms. The normalized spacial score (nSPS) is 13.9. The lowest BCUT2D eigenvalue weighted by Gasteiger charge is -2.37. The van der Waals surface area contributed by atoms with Gasteiger partial charge >= 0.3 is 6.09 Å². The summed E-state index contributed by atoms with van der Waals surface area (Å²) in [6.07, 6.45) is 1.57. The van der Waals surface area contributed by atoms with Crippen LogP contribution in [0.4, 0.5) is 10.5 Å². The van der Waals surface area contributed by atoms with Crippen molar-refractivity contribution in [3.05, 3.63) is 71.5 Å². The average Bonchev–Trinajstić information content (AvgIpc) is 2.88. The van der Waals surface area contributed by atoms with Crippen LogP contribution in [0, 0.1) is 13.8 Å². The van der Waals surface area contributed by atoms with Gasteiger partial charge in [0.25, 0.3) is 0 Å². The third-order valence-electron chi connectivity index (χ3n) is 6.46. The van der Waals surface area contributed by atoms with Crippen LogP contribution in [0.5, 0.6) is 11.5 Å². The summed E-state index contributed by atoms with van der Waals surface area (Å²) in [7, 11) is 1.68. The van der Waals surface area contributed by atoms with Gasteiger partial charge in [-0.1, -0.05) is 30.3 Å². The van der Waals surface area contributed by atoms with Crippen molar-refractivity contribution in [2.24, 2.45) is 0 Å². The van der Waals surface area contributed by atoms with Gasteiger partial charge in [-0.3, -0.25) is 4.98 Å². The zero-order chi connectivity index (χ0) is 26.6. The molecule has 2 aromatic carbocycles. The highest BCUT2D eigenvalue weighted by Crippen LogP contribution is 2.35. The van der Waals surface area contributed by atoms with Crippen LogP contribution in [0.1, 0.15) is 37.6 Å². The van der Waals surface area contributed by atoms with Gasteiger partial charge in [-0.05, 0) is 52.3 Å². The van der Waals surface area contributed by atoms with Crippen LogP contribution in [0.15, 0.2) is 54.7 Å². The van der Waals surface area contributed by atoms with Gasteiger partial charge in [-0.2, -0.15) is 0 Å². The Morgan fingerprint density at radius 2 is 1.70 bits per heavy atom. The molecule has 0 bridgehead atoms. The SMILES string of the molecule is COc1c(C)cnc(COc2cc(N3CCN(C(=O)OC(C)(C)C)CC3)ccc2-c2ccccc2)c1C. The lowest BCUT2D eigenvalue weighted by molar-refractivity contribution is 0.0240. The Morgan fingerprint density at radius 1 is 1.00 bits per heavy atom.